The van der Waals surface area contributed by atoms with Crippen LogP contribution in [0.25, 0.3) is 10.9 Å². The van der Waals surface area contributed by atoms with Crippen LogP contribution in [0.15, 0.2) is 29.4 Å². The zero-order chi connectivity index (χ0) is 14.0. The van der Waals surface area contributed by atoms with Crippen molar-refractivity contribution in [3.63, 3.8) is 0 Å². The Balaban J connectivity index is 2.66. The molecule has 0 spiro atoms. The van der Waals surface area contributed by atoms with Gasteiger partial charge in [0.1, 0.15) is 5.52 Å². The molecule has 4 nitrogen and oxygen atoms in total. The highest BCUT2D eigenvalue weighted by atomic mass is 16.3. The largest absolute Gasteiger partial charge is 0.505 e. The van der Waals surface area contributed by atoms with Gasteiger partial charge in [0, 0.05) is 28.9 Å². The highest BCUT2D eigenvalue weighted by Crippen LogP contribution is 2.28. The number of fused-ring (bicyclic) bond motifs is 1. The van der Waals surface area contributed by atoms with Crippen LogP contribution in [0.2, 0.25) is 0 Å². The van der Waals surface area contributed by atoms with Crippen LogP contribution in [0.4, 0.5) is 0 Å². The molecule has 0 unspecified atom stereocenters. The third-order valence-corrected chi connectivity index (χ3v) is 2.65. The zero-order valence-electron chi connectivity index (χ0n) is 11.2. The number of aromatic nitrogens is 1. The molecule has 0 saturated heterocycles. The first kappa shape index (κ1) is 13.2. The molecular weight excluding hydrogens is 240 g/mol. The van der Waals surface area contributed by atoms with E-state index in [1.807, 2.05) is 20.8 Å². The summed E-state index contributed by atoms with van der Waals surface area (Å²) in [5, 5.41) is 10.8. The molecule has 1 aromatic heterocycles. The standard InChI is InChI=1S/C15H16N2O2/c1-15(2,3)17-8-10-7-11(9-18)12-5-4-6-16-13(12)14(10)19/h4-9,19H,1-3H3. The SMILES string of the molecule is CC(C)(C)N=Cc1cc(C=O)c2cccnc2c1O. The third-order valence-electron chi connectivity index (χ3n) is 2.65. The lowest BCUT2D eigenvalue weighted by atomic mass is 10.0. The fourth-order valence-electron chi connectivity index (χ4n) is 1.74. The summed E-state index contributed by atoms with van der Waals surface area (Å²) >= 11 is 0. The van der Waals surface area contributed by atoms with Crippen molar-refractivity contribution in [1.29, 1.82) is 0 Å². The molecule has 0 amide bonds. The third kappa shape index (κ3) is 2.78. The van der Waals surface area contributed by atoms with Crippen molar-refractivity contribution < 1.29 is 9.90 Å². The molecule has 0 radical (unpaired) electrons. The summed E-state index contributed by atoms with van der Waals surface area (Å²) in [5.74, 6) is 0.0502. The van der Waals surface area contributed by atoms with E-state index in [1.165, 1.54) is 0 Å². The molecule has 0 bridgehead atoms. The van der Waals surface area contributed by atoms with Gasteiger partial charge in [0.25, 0.3) is 0 Å². The lowest BCUT2D eigenvalue weighted by Gasteiger charge is -2.12. The van der Waals surface area contributed by atoms with Gasteiger partial charge in [-0.1, -0.05) is 6.07 Å². The van der Waals surface area contributed by atoms with E-state index in [9.17, 15) is 9.90 Å². The number of nitrogens with zero attached hydrogens (tertiary/aromatic N) is 2. The number of phenolic OH excluding ortho intramolecular Hbond substituents is 1. The lowest BCUT2D eigenvalue weighted by molar-refractivity contribution is 0.112. The van der Waals surface area contributed by atoms with Crippen molar-refractivity contribution in [3.05, 3.63) is 35.5 Å². The van der Waals surface area contributed by atoms with Crippen LogP contribution in [-0.4, -0.2) is 28.1 Å². The number of rotatable bonds is 2. The second-order valence-corrected chi connectivity index (χ2v) is 5.35. The van der Waals surface area contributed by atoms with Crippen molar-refractivity contribution >= 4 is 23.4 Å². The molecule has 2 rings (SSSR count). The molecule has 0 fully saturated rings. The van der Waals surface area contributed by atoms with Gasteiger partial charge >= 0.3 is 0 Å². The van der Waals surface area contributed by atoms with Crippen LogP contribution < -0.4 is 0 Å². The minimum Gasteiger partial charge on any atom is -0.505 e. The van der Waals surface area contributed by atoms with Crippen molar-refractivity contribution in [2.75, 3.05) is 0 Å². The number of carbonyl (C=O) groups excluding carboxylic acids is 1. The highest BCUT2D eigenvalue weighted by Gasteiger charge is 2.12. The van der Waals surface area contributed by atoms with Gasteiger partial charge in [0.05, 0.1) is 5.54 Å². The Morgan fingerprint density at radius 1 is 1.32 bits per heavy atom. The summed E-state index contributed by atoms with van der Waals surface area (Å²) in [5.41, 5.74) is 1.18. The van der Waals surface area contributed by atoms with Gasteiger partial charge < -0.3 is 5.11 Å². The van der Waals surface area contributed by atoms with Gasteiger partial charge in [-0.25, -0.2) is 0 Å². The second-order valence-electron chi connectivity index (χ2n) is 5.35. The van der Waals surface area contributed by atoms with Crippen molar-refractivity contribution in [3.8, 4) is 5.75 Å². The van der Waals surface area contributed by atoms with Crippen LogP contribution in [-0.2, 0) is 0 Å². The molecule has 0 aliphatic rings. The number of aliphatic imine (C=N–C) groups is 1. The summed E-state index contributed by atoms with van der Waals surface area (Å²) in [6, 6.07) is 5.12. The van der Waals surface area contributed by atoms with E-state index in [0.717, 1.165) is 6.29 Å². The maximum atomic E-state index is 11.1. The number of pyridine rings is 1. The molecule has 19 heavy (non-hydrogen) atoms. The molecule has 1 aromatic carbocycles. The Hall–Kier alpha value is -2.23. The molecular formula is C15H16N2O2. The average Bonchev–Trinajstić information content (AvgIpc) is 2.37. The van der Waals surface area contributed by atoms with Gasteiger partial charge in [0.15, 0.2) is 12.0 Å². The molecule has 0 aliphatic heterocycles. The fourth-order valence-corrected chi connectivity index (χ4v) is 1.74. The van der Waals surface area contributed by atoms with E-state index in [4.69, 9.17) is 0 Å². The Labute approximate surface area is 111 Å². The molecule has 2 aromatic rings. The molecule has 98 valence electrons. The van der Waals surface area contributed by atoms with Gasteiger partial charge in [-0.15, -0.1) is 0 Å². The van der Waals surface area contributed by atoms with Gasteiger partial charge in [0.2, 0.25) is 0 Å². The number of benzene rings is 1. The molecule has 0 aliphatic carbocycles. The van der Waals surface area contributed by atoms with Crippen molar-refractivity contribution in [2.45, 2.75) is 26.3 Å². The predicted molar refractivity (Wildman–Crippen MR) is 76.1 cm³/mol. The second kappa shape index (κ2) is 4.80. The summed E-state index contributed by atoms with van der Waals surface area (Å²) in [6.07, 6.45) is 3.93. The average molecular weight is 256 g/mol. The summed E-state index contributed by atoms with van der Waals surface area (Å²) in [4.78, 5) is 19.6. The molecule has 0 saturated carbocycles. The minimum atomic E-state index is -0.243. The molecule has 0 atom stereocenters. The first-order valence-corrected chi connectivity index (χ1v) is 6.03. The topological polar surface area (TPSA) is 62.5 Å². The first-order chi connectivity index (χ1) is 8.92. The van der Waals surface area contributed by atoms with E-state index >= 15 is 0 Å². The lowest BCUT2D eigenvalue weighted by Crippen LogP contribution is -2.09. The monoisotopic (exact) mass is 256 g/mol. The van der Waals surface area contributed by atoms with Gasteiger partial charge in [-0.05, 0) is 32.9 Å². The smallest absolute Gasteiger partial charge is 0.150 e. The summed E-state index contributed by atoms with van der Waals surface area (Å²) < 4.78 is 0. The Morgan fingerprint density at radius 3 is 2.68 bits per heavy atom. The van der Waals surface area contributed by atoms with Crippen LogP contribution in [0.5, 0.6) is 5.75 Å². The van der Waals surface area contributed by atoms with Gasteiger partial charge in [-0.2, -0.15) is 0 Å². The number of phenols is 1. The van der Waals surface area contributed by atoms with Crippen LogP contribution in [0.1, 0.15) is 36.7 Å². The molecule has 1 N–H and O–H groups in total. The van der Waals surface area contributed by atoms with E-state index in [2.05, 4.69) is 9.98 Å². The normalized spacial score (nSPS) is 12.2. The Bertz CT molecular complexity index is 655. The van der Waals surface area contributed by atoms with E-state index < -0.39 is 0 Å². The van der Waals surface area contributed by atoms with E-state index in [-0.39, 0.29) is 11.3 Å². The molecule has 4 heteroatoms. The molecule has 1 heterocycles. The van der Waals surface area contributed by atoms with E-state index in [0.29, 0.717) is 22.0 Å². The maximum Gasteiger partial charge on any atom is 0.150 e. The highest BCUT2D eigenvalue weighted by molar-refractivity contribution is 6.04. The first-order valence-electron chi connectivity index (χ1n) is 6.03. The Morgan fingerprint density at radius 2 is 2.05 bits per heavy atom. The number of aromatic hydroxyl groups is 1. The fraction of sp³-hybridized carbons (Fsp3) is 0.267. The Kier molecular flexibility index (Phi) is 3.34. The maximum absolute atomic E-state index is 11.1. The van der Waals surface area contributed by atoms with E-state index in [1.54, 1.807) is 30.6 Å². The number of hydrogen-bond donors (Lipinski definition) is 1. The number of hydrogen-bond acceptors (Lipinski definition) is 4. The number of carbonyl (C=O) groups is 1. The number of aldehydes is 1. The minimum absolute atomic E-state index is 0.0502. The summed E-state index contributed by atoms with van der Waals surface area (Å²) in [7, 11) is 0. The zero-order valence-corrected chi connectivity index (χ0v) is 11.2. The van der Waals surface area contributed by atoms with Crippen molar-refractivity contribution in [2.24, 2.45) is 4.99 Å². The van der Waals surface area contributed by atoms with Crippen LogP contribution >= 0.6 is 0 Å². The van der Waals surface area contributed by atoms with Crippen LogP contribution in [0.3, 0.4) is 0 Å². The predicted octanol–water partition coefficient (Wildman–Crippen LogP) is 2.97. The van der Waals surface area contributed by atoms with Crippen molar-refractivity contribution in [1.82, 2.24) is 4.98 Å². The quantitative estimate of drug-likeness (QED) is 0.663. The summed E-state index contributed by atoms with van der Waals surface area (Å²) in [6.45, 7) is 5.88. The van der Waals surface area contributed by atoms with Crippen LogP contribution in [0, 0.1) is 0 Å². The van der Waals surface area contributed by atoms with Gasteiger partial charge in [-0.3, -0.25) is 14.8 Å².